The van der Waals surface area contributed by atoms with Gasteiger partial charge in [-0.05, 0) is 26.2 Å². The smallest absolute Gasteiger partial charge is 0.138 e. The van der Waals surface area contributed by atoms with Crippen molar-refractivity contribution in [3.05, 3.63) is 24.0 Å². The normalized spacial score (nSPS) is 12.9. The van der Waals surface area contributed by atoms with Gasteiger partial charge in [-0.2, -0.15) is 5.26 Å². The molecule has 0 unspecified atom stereocenters. The van der Waals surface area contributed by atoms with Crippen LogP contribution >= 0.6 is 0 Å². The first kappa shape index (κ1) is 8.82. The molecular formula is C9H13N3. The van der Waals surface area contributed by atoms with Gasteiger partial charge in [0.25, 0.3) is 0 Å². The van der Waals surface area contributed by atoms with Gasteiger partial charge in [0, 0.05) is 18.9 Å². The Morgan fingerprint density at radius 2 is 2.25 bits per heavy atom. The predicted molar refractivity (Wildman–Crippen MR) is 47.5 cm³/mol. The van der Waals surface area contributed by atoms with Gasteiger partial charge in [-0.1, -0.05) is 0 Å². The first-order valence-electron chi connectivity index (χ1n) is 3.84. The summed E-state index contributed by atoms with van der Waals surface area (Å²) < 4.78 is 1.97. The van der Waals surface area contributed by atoms with Gasteiger partial charge in [0.1, 0.15) is 6.04 Å². The van der Waals surface area contributed by atoms with Crippen LogP contribution in [-0.2, 0) is 7.05 Å². The Bertz CT molecular complexity index is 293. The molecule has 0 aromatic carbocycles. The summed E-state index contributed by atoms with van der Waals surface area (Å²) >= 11 is 0. The number of aryl methyl sites for hydroxylation is 1. The second-order valence-corrected chi connectivity index (χ2v) is 3.04. The van der Waals surface area contributed by atoms with E-state index in [4.69, 9.17) is 5.26 Å². The largest absolute Gasteiger partial charge is 0.352 e. The van der Waals surface area contributed by atoms with Crippen molar-refractivity contribution in [2.45, 2.75) is 6.04 Å². The molecule has 3 heteroatoms. The van der Waals surface area contributed by atoms with Crippen molar-refractivity contribution in [1.82, 2.24) is 9.47 Å². The van der Waals surface area contributed by atoms with Crippen LogP contribution in [0.3, 0.4) is 0 Å². The SMILES string of the molecule is CN(C)[C@@H](C#N)c1cccn1C. The van der Waals surface area contributed by atoms with Crippen LogP contribution in [0.5, 0.6) is 0 Å². The summed E-state index contributed by atoms with van der Waals surface area (Å²) in [6.45, 7) is 0. The van der Waals surface area contributed by atoms with Crippen LogP contribution in [0.4, 0.5) is 0 Å². The molecule has 0 fully saturated rings. The van der Waals surface area contributed by atoms with Crippen molar-refractivity contribution in [2.24, 2.45) is 7.05 Å². The number of rotatable bonds is 2. The maximum Gasteiger partial charge on any atom is 0.138 e. The quantitative estimate of drug-likeness (QED) is 0.655. The molecule has 0 aliphatic carbocycles. The fourth-order valence-corrected chi connectivity index (χ4v) is 1.20. The molecule has 1 rings (SSSR count). The number of aromatic nitrogens is 1. The van der Waals surface area contributed by atoms with Gasteiger partial charge < -0.3 is 4.57 Å². The molecule has 0 radical (unpaired) electrons. The molecule has 64 valence electrons. The third-order valence-electron chi connectivity index (χ3n) is 1.90. The number of nitrogens with zero attached hydrogens (tertiary/aromatic N) is 3. The van der Waals surface area contributed by atoms with Crippen molar-refractivity contribution in [1.29, 1.82) is 5.26 Å². The first-order chi connectivity index (χ1) is 5.66. The van der Waals surface area contributed by atoms with Crippen molar-refractivity contribution in [2.75, 3.05) is 14.1 Å². The minimum atomic E-state index is -0.148. The molecule has 3 nitrogen and oxygen atoms in total. The van der Waals surface area contributed by atoms with Crippen LogP contribution in [-0.4, -0.2) is 23.6 Å². The minimum Gasteiger partial charge on any atom is -0.352 e. The number of nitriles is 1. The molecule has 0 aliphatic heterocycles. The molecule has 1 heterocycles. The van der Waals surface area contributed by atoms with Gasteiger partial charge in [-0.25, -0.2) is 0 Å². The highest BCUT2D eigenvalue weighted by Gasteiger charge is 2.14. The van der Waals surface area contributed by atoms with E-state index in [0.29, 0.717) is 0 Å². The van der Waals surface area contributed by atoms with Crippen LogP contribution in [0, 0.1) is 11.3 Å². The topological polar surface area (TPSA) is 32.0 Å². The van der Waals surface area contributed by atoms with Gasteiger partial charge >= 0.3 is 0 Å². The summed E-state index contributed by atoms with van der Waals surface area (Å²) in [6.07, 6.45) is 1.95. The Morgan fingerprint density at radius 3 is 2.58 bits per heavy atom. The first-order valence-corrected chi connectivity index (χ1v) is 3.84. The highest BCUT2D eigenvalue weighted by Crippen LogP contribution is 2.16. The number of hydrogen-bond acceptors (Lipinski definition) is 2. The van der Waals surface area contributed by atoms with Crippen LogP contribution in [0.25, 0.3) is 0 Å². The summed E-state index contributed by atoms with van der Waals surface area (Å²) in [5, 5.41) is 8.89. The Hall–Kier alpha value is -1.27. The molecule has 0 spiro atoms. The zero-order valence-corrected chi connectivity index (χ0v) is 7.65. The maximum absolute atomic E-state index is 8.89. The van der Waals surface area contributed by atoms with E-state index in [0.717, 1.165) is 5.69 Å². The van der Waals surface area contributed by atoms with E-state index in [1.54, 1.807) is 0 Å². The molecule has 1 aromatic rings. The lowest BCUT2D eigenvalue weighted by molar-refractivity contribution is 0.347. The standard InChI is InChI=1S/C9H13N3/c1-11(2)9(7-10)8-5-4-6-12(8)3/h4-6,9H,1-3H3/t9-/m0/s1. The van der Waals surface area contributed by atoms with Crippen molar-refractivity contribution >= 4 is 0 Å². The van der Waals surface area contributed by atoms with E-state index in [1.165, 1.54) is 0 Å². The number of hydrogen-bond donors (Lipinski definition) is 0. The van der Waals surface area contributed by atoms with Gasteiger partial charge in [0.2, 0.25) is 0 Å². The molecule has 0 saturated heterocycles. The van der Waals surface area contributed by atoms with Crippen molar-refractivity contribution < 1.29 is 0 Å². The van der Waals surface area contributed by atoms with E-state index < -0.39 is 0 Å². The molecule has 1 aromatic heterocycles. The Labute approximate surface area is 72.8 Å². The summed E-state index contributed by atoms with van der Waals surface area (Å²) in [5.74, 6) is 0. The van der Waals surface area contributed by atoms with E-state index in [-0.39, 0.29) is 6.04 Å². The van der Waals surface area contributed by atoms with E-state index in [9.17, 15) is 0 Å². The van der Waals surface area contributed by atoms with Crippen LogP contribution < -0.4 is 0 Å². The lowest BCUT2D eigenvalue weighted by atomic mass is 10.2. The third-order valence-corrected chi connectivity index (χ3v) is 1.90. The Kier molecular flexibility index (Phi) is 2.51. The summed E-state index contributed by atoms with van der Waals surface area (Å²) in [7, 11) is 5.75. The minimum absolute atomic E-state index is 0.148. The van der Waals surface area contributed by atoms with Gasteiger partial charge in [0.05, 0.1) is 6.07 Å². The summed E-state index contributed by atoms with van der Waals surface area (Å²) in [6, 6.07) is 6.02. The van der Waals surface area contributed by atoms with E-state index in [1.807, 2.05) is 48.9 Å². The summed E-state index contributed by atoms with van der Waals surface area (Å²) in [4.78, 5) is 1.90. The molecular weight excluding hydrogens is 150 g/mol. The molecule has 0 amide bonds. The highest BCUT2D eigenvalue weighted by atomic mass is 15.1. The Balaban J connectivity index is 2.97. The van der Waals surface area contributed by atoms with E-state index in [2.05, 4.69) is 6.07 Å². The van der Waals surface area contributed by atoms with Crippen LogP contribution in [0.1, 0.15) is 11.7 Å². The molecule has 0 N–H and O–H groups in total. The zero-order chi connectivity index (χ0) is 9.14. The third kappa shape index (κ3) is 1.49. The maximum atomic E-state index is 8.89. The van der Waals surface area contributed by atoms with Crippen molar-refractivity contribution in [3.63, 3.8) is 0 Å². The molecule has 1 atom stereocenters. The second kappa shape index (κ2) is 3.42. The molecule has 0 bridgehead atoms. The highest BCUT2D eigenvalue weighted by molar-refractivity contribution is 5.17. The van der Waals surface area contributed by atoms with Gasteiger partial charge in [-0.15, -0.1) is 0 Å². The summed E-state index contributed by atoms with van der Waals surface area (Å²) in [5.41, 5.74) is 1.03. The molecule has 12 heavy (non-hydrogen) atoms. The zero-order valence-electron chi connectivity index (χ0n) is 7.65. The molecule has 0 aliphatic rings. The van der Waals surface area contributed by atoms with Gasteiger partial charge in [-0.3, -0.25) is 4.90 Å². The average molecular weight is 163 g/mol. The van der Waals surface area contributed by atoms with E-state index >= 15 is 0 Å². The fraction of sp³-hybridized carbons (Fsp3) is 0.444. The van der Waals surface area contributed by atoms with Crippen LogP contribution in [0.15, 0.2) is 18.3 Å². The predicted octanol–water partition coefficient (Wildman–Crippen LogP) is 1.15. The second-order valence-electron chi connectivity index (χ2n) is 3.04. The monoisotopic (exact) mass is 163 g/mol. The average Bonchev–Trinajstić information content (AvgIpc) is 2.38. The van der Waals surface area contributed by atoms with Gasteiger partial charge in [0.15, 0.2) is 0 Å². The lowest BCUT2D eigenvalue weighted by Crippen LogP contribution is -2.20. The Morgan fingerprint density at radius 1 is 1.58 bits per heavy atom. The molecule has 0 saturated carbocycles. The lowest BCUT2D eigenvalue weighted by Gasteiger charge is -2.17. The fourth-order valence-electron chi connectivity index (χ4n) is 1.20. The van der Waals surface area contributed by atoms with Crippen LogP contribution in [0.2, 0.25) is 0 Å². The van der Waals surface area contributed by atoms with Crippen molar-refractivity contribution in [3.8, 4) is 6.07 Å².